The number of nitrogens with zero attached hydrogens (tertiary/aromatic N) is 2. The van der Waals surface area contributed by atoms with Gasteiger partial charge in [0.2, 0.25) is 5.95 Å². The van der Waals surface area contributed by atoms with Crippen LogP contribution in [-0.4, -0.2) is 27.2 Å². The Hall–Kier alpha value is -1.36. The highest BCUT2D eigenvalue weighted by molar-refractivity contribution is 5.36. The number of nitrogens with one attached hydrogen (secondary N) is 1. The van der Waals surface area contributed by atoms with Gasteiger partial charge in [0.25, 0.3) is 0 Å². The van der Waals surface area contributed by atoms with Gasteiger partial charge in [-0.3, -0.25) is 0 Å². The summed E-state index contributed by atoms with van der Waals surface area (Å²) >= 11 is 0. The molecule has 5 nitrogen and oxygen atoms in total. The van der Waals surface area contributed by atoms with Gasteiger partial charge in [-0.25, -0.2) is 9.97 Å². The lowest BCUT2D eigenvalue weighted by atomic mass is 9.71. The second-order valence-electron chi connectivity index (χ2n) is 6.08. The predicted molar refractivity (Wildman–Crippen MR) is 72.1 cm³/mol. The first-order chi connectivity index (χ1) is 8.39. The Morgan fingerprint density at radius 1 is 1.22 bits per heavy atom. The third kappa shape index (κ3) is 3.32. The van der Waals surface area contributed by atoms with Gasteiger partial charge in [0.05, 0.1) is 23.7 Å². The molecule has 2 rings (SSSR count). The average Bonchev–Trinajstić information content (AvgIpc) is 2.33. The SMILES string of the molecule is CC1(C)CCC(O)(CNc2ncc(N)cn2)CC1. The first-order valence-electron chi connectivity index (χ1n) is 6.42. The molecule has 0 spiro atoms. The zero-order chi connectivity index (χ0) is 13.2. The number of nitrogen functional groups attached to an aromatic ring is 1. The molecule has 0 radical (unpaired) electrons. The minimum Gasteiger partial charge on any atom is -0.396 e. The van der Waals surface area contributed by atoms with E-state index in [1.807, 2.05) is 0 Å². The highest BCUT2D eigenvalue weighted by Crippen LogP contribution is 2.40. The lowest BCUT2D eigenvalue weighted by Gasteiger charge is -2.40. The van der Waals surface area contributed by atoms with E-state index < -0.39 is 5.60 Å². The molecule has 18 heavy (non-hydrogen) atoms. The molecular formula is C13H22N4O. The number of anilines is 2. The molecule has 1 heterocycles. The van der Waals surface area contributed by atoms with Gasteiger partial charge in [-0.1, -0.05) is 13.8 Å². The Bertz CT molecular complexity index is 392. The van der Waals surface area contributed by atoms with Crippen LogP contribution in [0.1, 0.15) is 39.5 Å². The summed E-state index contributed by atoms with van der Waals surface area (Å²) < 4.78 is 0. The van der Waals surface area contributed by atoms with Gasteiger partial charge in [-0.05, 0) is 31.1 Å². The number of hydrogen-bond acceptors (Lipinski definition) is 5. The molecule has 0 saturated heterocycles. The van der Waals surface area contributed by atoms with E-state index in [-0.39, 0.29) is 0 Å². The maximum atomic E-state index is 10.5. The fraction of sp³-hybridized carbons (Fsp3) is 0.692. The number of aliphatic hydroxyl groups is 1. The number of hydrogen-bond donors (Lipinski definition) is 3. The monoisotopic (exact) mass is 250 g/mol. The van der Waals surface area contributed by atoms with Crippen LogP contribution in [0.15, 0.2) is 12.4 Å². The summed E-state index contributed by atoms with van der Waals surface area (Å²) in [6.07, 6.45) is 6.86. The molecule has 0 aromatic carbocycles. The quantitative estimate of drug-likeness (QED) is 0.762. The summed E-state index contributed by atoms with van der Waals surface area (Å²) in [5.74, 6) is 0.516. The number of aromatic nitrogens is 2. The van der Waals surface area contributed by atoms with Crippen molar-refractivity contribution >= 4 is 11.6 Å². The molecule has 0 amide bonds. The van der Waals surface area contributed by atoms with Gasteiger partial charge in [0.15, 0.2) is 0 Å². The van der Waals surface area contributed by atoms with Gasteiger partial charge in [-0.2, -0.15) is 0 Å². The second-order valence-corrected chi connectivity index (χ2v) is 6.08. The fourth-order valence-corrected chi connectivity index (χ4v) is 2.24. The van der Waals surface area contributed by atoms with Gasteiger partial charge in [0, 0.05) is 6.54 Å². The van der Waals surface area contributed by atoms with Gasteiger partial charge >= 0.3 is 0 Å². The Balaban J connectivity index is 1.88. The highest BCUT2D eigenvalue weighted by Gasteiger charge is 2.36. The standard InChI is InChI=1S/C13H22N4O/c1-12(2)3-5-13(18,6-4-12)9-17-11-15-7-10(14)8-16-11/h7-8,18H,3-6,9,14H2,1-2H3,(H,15,16,17). The summed E-state index contributed by atoms with van der Waals surface area (Å²) in [6.45, 7) is 5.00. The van der Waals surface area contributed by atoms with Gasteiger partial charge < -0.3 is 16.2 Å². The van der Waals surface area contributed by atoms with Crippen LogP contribution in [0.5, 0.6) is 0 Å². The van der Waals surface area contributed by atoms with Crippen molar-refractivity contribution in [2.45, 2.75) is 45.1 Å². The van der Waals surface area contributed by atoms with E-state index in [9.17, 15) is 5.11 Å². The van der Waals surface area contributed by atoms with Crippen LogP contribution in [-0.2, 0) is 0 Å². The molecule has 1 aliphatic rings. The normalized spacial score (nSPS) is 21.5. The molecule has 4 N–H and O–H groups in total. The van der Waals surface area contributed by atoms with Gasteiger partial charge in [-0.15, -0.1) is 0 Å². The Labute approximate surface area is 108 Å². The van der Waals surface area contributed by atoms with E-state index in [2.05, 4.69) is 29.1 Å². The van der Waals surface area contributed by atoms with Crippen LogP contribution < -0.4 is 11.1 Å². The minimum absolute atomic E-state index is 0.351. The molecule has 0 unspecified atom stereocenters. The average molecular weight is 250 g/mol. The molecule has 1 aliphatic carbocycles. The van der Waals surface area contributed by atoms with E-state index in [0.29, 0.717) is 23.6 Å². The summed E-state index contributed by atoms with van der Waals surface area (Å²) in [6, 6.07) is 0. The molecule has 1 saturated carbocycles. The first kappa shape index (κ1) is 13.1. The predicted octanol–water partition coefficient (Wildman–Crippen LogP) is 1.80. The van der Waals surface area contributed by atoms with Crippen LogP contribution in [0.3, 0.4) is 0 Å². The first-order valence-corrected chi connectivity index (χ1v) is 6.42. The molecule has 5 heteroatoms. The second kappa shape index (κ2) is 4.72. The van der Waals surface area contributed by atoms with Crippen LogP contribution in [0.25, 0.3) is 0 Å². The third-order valence-corrected chi connectivity index (χ3v) is 3.78. The highest BCUT2D eigenvalue weighted by atomic mass is 16.3. The Morgan fingerprint density at radius 3 is 2.33 bits per heavy atom. The summed E-state index contributed by atoms with van der Waals surface area (Å²) in [7, 11) is 0. The van der Waals surface area contributed by atoms with Gasteiger partial charge in [0.1, 0.15) is 0 Å². The van der Waals surface area contributed by atoms with Crippen molar-refractivity contribution in [2.75, 3.05) is 17.6 Å². The number of rotatable bonds is 3. The number of nitrogens with two attached hydrogens (primary N) is 1. The van der Waals surface area contributed by atoms with E-state index in [4.69, 9.17) is 5.73 Å². The van der Waals surface area contributed by atoms with Crippen molar-refractivity contribution in [3.8, 4) is 0 Å². The molecule has 0 aliphatic heterocycles. The van der Waals surface area contributed by atoms with Crippen molar-refractivity contribution in [2.24, 2.45) is 5.41 Å². The van der Waals surface area contributed by atoms with E-state index in [0.717, 1.165) is 25.7 Å². The Morgan fingerprint density at radius 2 is 1.78 bits per heavy atom. The molecule has 0 bridgehead atoms. The zero-order valence-corrected chi connectivity index (χ0v) is 11.1. The largest absolute Gasteiger partial charge is 0.396 e. The van der Waals surface area contributed by atoms with E-state index in [1.165, 1.54) is 0 Å². The lowest BCUT2D eigenvalue weighted by molar-refractivity contribution is -0.0146. The van der Waals surface area contributed by atoms with Crippen molar-refractivity contribution in [1.29, 1.82) is 0 Å². The maximum Gasteiger partial charge on any atom is 0.222 e. The van der Waals surface area contributed by atoms with Crippen molar-refractivity contribution < 1.29 is 5.11 Å². The van der Waals surface area contributed by atoms with E-state index >= 15 is 0 Å². The summed E-state index contributed by atoms with van der Waals surface area (Å²) in [5.41, 5.74) is 5.77. The van der Waals surface area contributed by atoms with Crippen LogP contribution in [0.2, 0.25) is 0 Å². The minimum atomic E-state index is -0.639. The summed E-state index contributed by atoms with van der Waals surface area (Å²) in [4.78, 5) is 8.13. The molecule has 100 valence electrons. The van der Waals surface area contributed by atoms with Crippen molar-refractivity contribution in [3.63, 3.8) is 0 Å². The zero-order valence-electron chi connectivity index (χ0n) is 11.1. The van der Waals surface area contributed by atoms with Crippen LogP contribution >= 0.6 is 0 Å². The van der Waals surface area contributed by atoms with Crippen molar-refractivity contribution in [3.05, 3.63) is 12.4 Å². The topological polar surface area (TPSA) is 84.1 Å². The van der Waals surface area contributed by atoms with E-state index in [1.54, 1.807) is 12.4 Å². The van der Waals surface area contributed by atoms with Crippen molar-refractivity contribution in [1.82, 2.24) is 9.97 Å². The summed E-state index contributed by atoms with van der Waals surface area (Å²) in [5, 5.41) is 13.6. The molecule has 0 atom stereocenters. The van der Waals surface area contributed by atoms with Crippen LogP contribution in [0, 0.1) is 5.41 Å². The smallest absolute Gasteiger partial charge is 0.222 e. The Kier molecular flexibility index (Phi) is 3.43. The fourth-order valence-electron chi connectivity index (χ4n) is 2.24. The molecular weight excluding hydrogens is 228 g/mol. The third-order valence-electron chi connectivity index (χ3n) is 3.78. The molecule has 1 fully saturated rings. The molecule has 1 aromatic heterocycles. The molecule has 1 aromatic rings. The lowest BCUT2D eigenvalue weighted by Crippen LogP contribution is -2.42. The van der Waals surface area contributed by atoms with Crippen LogP contribution in [0.4, 0.5) is 11.6 Å². The maximum absolute atomic E-state index is 10.5.